The number of hydrogen-bond acceptors (Lipinski definition) is 3. The van der Waals surface area contributed by atoms with E-state index in [2.05, 4.69) is 42.5 Å². The fourth-order valence-electron chi connectivity index (χ4n) is 2.78. The van der Waals surface area contributed by atoms with Crippen LogP contribution in [0.15, 0.2) is 42.5 Å². The molecule has 4 heteroatoms. The van der Waals surface area contributed by atoms with Crippen molar-refractivity contribution in [1.82, 2.24) is 0 Å². The minimum absolute atomic E-state index is 0. The van der Waals surface area contributed by atoms with E-state index in [9.17, 15) is 0 Å². The van der Waals surface area contributed by atoms with Crippen LogP contribution < -0.4 is 5.73 Å². The van der Waals surface area contributed by atoms with Gasteiger partial charge in [0.2, 0.25) is 0 Å². The predicted molar refractivity (Wildman–Crippen MR) is 87.9 cm³/mol. The highest BCUT2D eigenvalue weighted by atomic mass is 35.5. The molecule has 0 atom stereocenters. The van der Waals surface area contributed by atoms with Crippen LogP contribution >= 0.6 is 12.4 Å². The maximum atomic E-state index is 5.82. The fourth-order valence-corrected chi connectivity index (χ4v) is 2.78. The zero-order valence-electron chi connectivity index (χ0n) is 12.0. The van der Waals surface area contributed by atoms with E-state index >= 15 is 0 Å². The zero-order valence-corrected chi connectivity index (χ0v) is 12.9. The molecule has 114 valence electrons. The number of nitrogens with two attached hydrogens (primary N) is 1. The SMILES string of the molecule is Cl.NCCCC1OCC(c2cccc3ccccc23)CO1. The van der Waals surface area contributed by atoms with Crippen molar-refractivity contribution in [2.75, 3.05) is 19.8 Å². The van der Waals surface area contributed by atoms with Crippen molar-refractivity contribution in [2.45, 2.75) is 25.0 Å². The van der Waals surface area contributed by atoms with Gasteiger partial charge in [0.05, 0.1) is 13.2 Å². The Morgan fingerprint density at radius 1 is 1.00 bits per heavy atom. The molecular weight excluding hydrogens is 286 g/mol. The van der Waals surface area contributed by atoms with Crippen molar-refractivity contribution in [2.24, 2.45) is 5.73 Å². The molecule has 1 aliphatic heterocycles. The summed E-state index contributed by atoms with van der Waals surface area (Å²) in [6.45, 7) is 2.14. The standard InChI is InChI=1S/C17H21NO2.ClH/c18-10-4-9-17-19-11-14(12-20-17)16-8-3-6-13-5-1-2-7-15(13)16;/h1-3,5-8,14,17H,4,9-12,18H2;1H. The number of rotatable bonds is 4. The molecule has 0 aliphatic carbocycles. The molecule has 21 heavy (non-hydrogen) atoms. The molecule has 1 heterocycles. The van der Waals surface area contributed by atoms with E-state index in [4.69, 9.17) is 15.2 Å². The van der Waals surface area contributed by atoms with E-state index in [-0.39, 0.29) is 18.7 Å². The van der Waals surface area contributed by atoms with Crippen LogP contribution in [0, 0.1) is 0 Å². The van der Waals surface area contributed by atoms with Gasteiger partial charge in [-0.3, -0.25) is 0 Å². The Kier molecular flexibility index (Phi) is 6.00. The number of ether oxygens (including phenoxy) is 2. The van der Waals surface area contributed by atoms with Gasteiger partial charge in [0.25, 0.3) is 0 Å². The second-order valence-electron chi connectivity index (χ2n) is 5.29. The highest BCUT2D eigenvalue weighted by Crippen LogP contribution is 2.29. The molecule has 0 amide bonds. The van der Waals surface area contributed by atoms with E-state index in [1.807, 2.05) is 0 Å². The topological polar surface area (TPSA) is 44.5 Å². The molecule has 1 fully saturated rings. The van der Waals surface area contributed by atoms with E-state index < -0.39 is 0 Å². The predicted octanol–water partition coefficient (Wildman–Crippen LogP) is 3.46. The molecule has 0 spiro atoms. The summed E-state index contributed by atoms with van der Waals surface area (Å²) >= 11 is 0. The van der Waals surface area contributed by atoms with Crippen LogP contribution in [0.2, 0.25) is 0 Å². The van der Waals surface area contributed by atoms with Crippen molar-refractivity contribution < 1.29 is 9.47 Å². The zero-order chi connectivity index (χ0) is 13.8. The lowest BCUT2D eigenvalue weighted by molar-refractivity contribution is -0.189. The summed E-state index contributed by atoms with van der Waals surface area (Å²) in [5, 5.41) is 2.57. The quantitative estimate of drug-likeness (QED) is 0.941. The summed E-state index contributed by atoms with van der Waals surface area (Å²) in [4.78, 5) is 0. The number of hydrogen-bond donors (Lipinski definition) is 1. The van der Waals surface area contributed by atoms with Crippen molar-refractivity contribution in [3.63, 3.8) is 0 Å². The first-order chi connectivity index (χ1) is 9.88. The molecule has 2 aromatic rings. The van der Waals surface area contributed by atoms with Crippen molar-refractivity contribution in [1.29, 1.82) is 0 Å². The number of fused-ring (bicyclic) bond motifs is 1. The van der Waals surface area contributed by atoms with Crippen molar-refractivity contribution >= 4 is 23.2 Å². The first kappa shape index (κ1) is 16.2. The summed E-state index contributed by atoms with van der Waals surface area (Å²) < 4.78 is 11.6. The summed E-state index contributed by atoms with van der Waals surface area (Å²) in [6, 6.07) is 14.9. The minimum Gasteiger partial charge on any atom is -0.352 e. The molecule has 2 N–H and O–H groups in total. The molecule has 0 saturated carbocycles. The third kappa shape index (κ3) is 3.74. The van der Waals surface area contributed by atoms with Gasteiger partial charge in [0.15, 0.2) is 6.29 Å². The van der Waals surface area contributed by atoms with Crippen LogP contribution in [0.1, 0.15) is 24.3 Å². The van der Waals surface area contributed by atoms with E-state index in [1.54, 1.807) is 0 Å². The first-order valence-electron chi connectivity index (χ1n) is 7.29. The van der Waals surface area contributed by atoms with Gasteiger partial charge in [-0.15, -0.1) is 12.4 Å². The number of halogens is 1. The summed E-state index contributed by atoms with van der Waals surface area (Å²) in [5.41, 5.74) is 6.83. The molecule has 1 saturated heterocycles. The Morgan fingerprint density at radius 3 is 2.48 bits per heavy atom. The Labute approximate surface area is 131 Å². The maximum absolute atomic E-state index is 5.82. The Balaban J connectivity index is 0.00000161. The molecule has 0 unspecified atom stereocenters. The summed E-state index contributed by atoms with van der Waals surface area (Å²) in [6.07, 6.45) is 1.76. The molecule has 1 aliphatic rings. The van der Waals surface area contributed by atoms with Crippen molar-refractivity contribution in [3.05, 3.63) is 48.0 Å². The molecule has 3 rings (SSSR count). The smallest absolute Gasteiger partial charge is 0.157 e. The second kappa shape index (κ2) is 7.76. The normalized spacial score (nSPS) is 22.0. The van der Waals surface area contributed by atoms with Gasteiger partial charge >= 0.3 is 0 Å². The number of benzene rings is 2. The Morgan fingerprint density at radius 2 is 1.71 bits per heavy atom. The van der Waals surface area contributed by atoms with Crippen LogP contribution in [-0.4, -0.2) is 26.0 Å². The van der Waals surface area contributed by atoms with E-state index in [0.29, 0.717) is 12.5 Å². The lowest BCUT2D eigenvalue weighted by Crippen LogP contribution is -2.31. The van der Waals surface area contributed by atoms with Gasteiger partial charge in [0.1, 0.15) is 0 Å². The van der Waals surface area contributed by atoms with Crippen LogP contribution in [0.4, 0.5) is 0 Å². The third-order valence-electron chi connectivity index (χ3n) is 3.87. The third-order valence-corrected chi connectivity index (χ3v) is 3.87. The van der Waals surface area contributed by atoms with Gasteiger partial charge in [-0.25, -0.2) is 0 Å². The maximum Gasteiger partial charge on any atom is 0.157 e. The molecular formula is C17H22ClNO2. The van der Waals surface area contributed by atoms with Gasteiger partial charge in [-0.1, -0.05) is 42.5 Å². The first-order valence-corrected chi connectivity index (χ1v) is 7.29. The summed E-state index contributed by atoms with van der Waals surface area (Å²) in [5.74, 6) is 0.315. The fraction of sp³-hybridized carbons (Fsp3) is 0.412. The van der Waals surface area contributed by atoms with Gasteiger partial charge in [0, 0.05) is 5.92 Å². The van der Waals surface area contributed by atoms with E-state index in [1.165, 1.54) is 16.3 Å². The van der Waals surface area contributed by atoms with Crippen LogP contribution in [0.3, 0.4) is 0 Å². The lowest BCUT2D eigenvalue weighted by atomic mass is 9.94. The average Bonchev–Trinajstić information content (AvgIpc) is 2.53. The van der Waals surface area contributed by atoms with Gasteiger partial charge < -0.3 is 15.2 Å². The highest BCUT2D eigenvalue weighted by molar-refractivity contribution is 5.86. The average molecular weight is 308 g/mol. The Hall–Kier alpha value is -1.13. The second-order valence-corrected chi connectivity index (χ2v) is 5.29. The van der Waals surface area contributed by atoms with Gasteiger partial charge in [-0.05, 0) is 35.7 Å². The molecule has 3 nitrogen and oxygen atoms in total. The minimum atomic E-state index is -0.0789. The molecule has 0 aromatic heterocycles. The molecule has 2 aromatic carbocycles. The van der Waals surface area contributed by atoms with Crippen LogP contribution in [0.5, 0.6) is 0 Å². The van der Waals surface area contributed by atoms with Crippen molar-refractivity contribution in [3.8, 4) is 0 Å². The summed E-state index contributed by atoms with van der Waals surface area (Å²) in [7, 11) is 0. The highest BCUT2D eigenvalue weighted by Gasteiger charge is 2.24. The Bertz CT molecular complexity index is 562. The van der Waals surface area contributed by atoms with E-state index in [0.717, 1.165) is 26.1 Å². The van der Waals surface area contributed by atoms with Crippen LogP contribution in [-0.2, 0) is 9.47 Å². The molecule has 0 radical (unpaired) electrons. The molecule has 0 bridgehead atoms. The largest absolute Gasteiger partial charge is 0.352 e. The lowest BCUT2D eigenvalue weighted by Gasteiger charge is -2.30. The van der Waals surface area contributed by atoms with Gasteiger partial charge in [-0.2, -0.15) is 0 Å². The van der Waals surface area contributed by atoms with Crippen LogP contribution in [0.25, 0.3) is 10.8 Å². The monoisotopic (exact) mass is 307 g/mol.